The van der Waals surface area contributed by atoms with Gasteiger partial charge in [0.1, 0.15) is 11.1 Å². The largest absolute Gasteiger partial charge is 0.478 e. The van der Waals surface area contributed by atoms with Crippen molar-refractivity contribution in [3.8, 4) is 90.1 Å². The van der Waals surface area contributed by atoms with Crippen LogP contribution in [0.1, 0.15) is 20.7 Å². The van der Waals surface area contributed by atoms with Gasteiger partial charge in [0.05, 0.1) is 56.6 Å². The van der Waals surface area contributed by atoms with Crippen LogP contribution in [0.2, 0.25) is 0 Å². The number of aromatic nitrogens is 8. The summed E-state index contributed by atoms with van der Waals surface area (Å²) < 4.78 is 0. The second-order valence-electron chi connectivity index (χ2n) is 21.8. The zero-order chi connectivity index (χ0) is 57.3. The van der Waals surface area contributed by atoms with Crippen molar-refractivity contribution in [2.45, 2.75) is 0 Å². The van der Waals surface area contributed by atoms with E-state index < -0.39 is 11.9 Å². The number of carboxylic acid groups (broad SMARTS) is 2. The molecule has 10 heterocycles. The zero-order valence-electron chi connectivity index (χ0n) is 46.1. The van der Waals surface area contributed by atoms with Crippen LogP contribution in [0, 0.1) is 0 Å². The molecule has 406 valence electrons. The van der Waals surface area contributed by atoms with Crippen molar-refractivity contribution in [1.29, 1.82) is 0 Å². The van der Waals surface area contributed by atoms with Gasteiger partial charge in [0.25, 0.3) is 0 Å². The van der Waals surface area contributed by atoms with Crippen molar-refractivity contribution in [1.82, 2.24) is 39.9 Å². The number of hydrogen-bond donors (Lipinski definition) is 6. The van der Waals surface area contributed by atoms with E-state index in [2.05, 4.69) is 80.6 Å². The van der Waals surface area contributed by atoms with Gasteiger partial charge >= 0.3 is 11.9 Å². The van der Waals surface area contributed by atoms with Crippen LogP contribution in [0.15, 0.2) is 231 Å². The maximum atomic E-state index is 13.1. The number of nitrogens with zero attached hydrogens (tertiary/aromatic N) is 4. The summed E-state index contributed by atoms with van der Waals surface area (Å²) >= 11 is 0. The number of nitrogens with one attached hydrogen (secondary N) is 4. The molecule has 0 saturated carbocycles. The smallest absolute Gasteiger partial charge is 0.340 e. The number of rotatable bonds is 2. The van der Waals surface area contributed by atoms with Crippen LogP contribution in [0.25, 0.3) is 177 Å². The fraction of sp³-hybridized carbons (Fsp3) is 0. The van der Waals surface area contributed by atoms with E-state index >= 15 is 0 Å². The Labute approximate surface area is 514 Å². The molecule has 13 heteroatoms. The third kappa shape index (κ3) is 8.16. The summed E-state index contributed by atoms with van der Waals surface area (Å²) in [6.07, 6.45) is 0. The predicted octanol–water partition coefficient (Wildman–Crippen LogP) is 18.0. The fourth-order valence-electron chi connectivity index (χ4n) is 13.1. The SMILES string of the molecule is O=C(O)c1c2nc(cc3[nH]c(cc4nc(cc5[nH]c1c1ccccc51)-c1ccccc1-4)c1ccccc31)-c1ccccc1-2.O=C(O)c1c2nc(cc3[nH]c(cc4nc(cc5[nH]c1c1ccccc51)-c1ccccc1-4)c1ccccc31)-c1ccccc1-2.[Cd]. The number of aromatic amines is 4. The molecule has 0 radical (unpaired) electrons. The van der Waals surface area contributed by atoms with Crippen LogP contribution in [0.3, 0.4) is 0 Å². The number of carbonyl (C=O) groups is 2. The van der Waals surface area contributed by atoms with Crippen molar-refractivity contribution in [2.75, 3.05) is 0 Å². The number of benzene rings is 8. The van der Waals surface area contributed by atoms with Crippen LogP contribution in [0.4, 0.5) is 0 Å². The molecule has 14 aromatic rings. The van der Waals surface area contributed by atoms with Gasteiger partial charge in [0.2, 0.25) is 0 Å². The minimum atomic E-state index is -1.05. The van der Waals surface area contributed by atoms with Gasteiger partial charge in [-0.3, -0.25) is 0 Å². The minimum absolute atomic E-state index is 0. The molecule has 6 aromatic heterocycles. The molecule has 87 heavy (non-hydrogen) atoms. The van der Waals surface area contributed by atoms with Gasteiger partial charge in [-0.15, -0.1) is 0 Å². The van der Waals surface area contributed by atoms with Crippen LogP contribution in [0.5, 0.6) is 0 Å². The van der Waals surface area contributed by atoms with Crippen LogP contribution >= 0.6 is 0 Å². The first-order valence-electron chi connectivity index (χ1n) is 28.2. The molecule has 12 nitrogen and oxygen atoms in total. The van der Waals surface area contributed by atoms with Crippen molar-refractivity contribution >= 4 is 99.2 Å². The van der Waals surface area contributed by atoms with Gasteiger partial charge in [-0.2, -0.15) is 0 Å². The van der Waals surface area contributed by atoms with E-state index in [1.165, 1.54) is 0 Å². The summed E-state index contributed by atoms with van der Waals surface area (Å²) in [5, 5.41) is 29.1. The van der Waals surface area contributed by atoms with Crippen LogP contribution < -0.4 is 0 Å². The number of fused-ring (bicyclic) bond motifs is 40. The van der Waals surface area contributed by atoms with Gasteiger partial charge in [-0.25, -0.2) is 29.5 Å². The first kappa shape index (κ1) is 51.5. The summed E-state index contributed by atoms with van der Waals surface area (Å²) in [4.78, 5) is 60.7. The second kappa shape index (κ2) is 20.0. The maximum Gasteiger partial charge on any atom is 0.340 e. The standard InChI is InChI=1S/2C37H22N4O2.Cd/c2*42-37(43)34-35-26-15-7-5-13-24(26)32(40-35)18-30-22-11-3-1-9-20(22)28(38-30)17-29-21-10-2-4-12-23(21)31(39-29)19-33-25-14-6-8-16-27(25)36(34)41-33;/h2*1-19,38,41H,(H,42,43);. The van der Waals surface area contributed by atoms with E-state index in [0.717, 1.165) is 143 Å². The monoisotopic (exact) mass is 1220 g/mol. The average molecular weight is 1220 g/mol. The Balaban J connectivity index is 0.000000139. The summed E-state index contributed by atoms with van der Waals surface area (Å²) in [6.45, 7) is 0. The van der Waals surface area contributed by atoms with Gasteiger partial charge in [0.15, 0.2) is 0 Å². The third-order valence-electron chi connectivity index (χ3n) is 17.0. The molecule has 0 fully saturated rings. The molecule has 0 saturated heterocycles. The Morgan fingerprint density at radius 1 is 0.264 bits per heavy atom. The molecule has 8 aromatic carbocycles. The Morgan fingerprint density at radius 3 is 0.747 bits per heavy atom. The van der Waals surface area contributed by atoms with Crippen LogP contribution in [-0.2, 0) is 27.3 Å². The molecule has 0 aliphatic carbocycles. The Kier molecular flexibility index (Phi) is 11.9. The van der Waals surface area contributed by atoms with Crippen molar-refractivity contribution in [3.63, 3.8) is 0 Å². The van der Waals surface area contributed by atoms with Crippen molar-refractivity contribution < 1.29 is 47.1 Å². The Bertz CT molecular complexity index is 5370. The van der Waals surface area contributed by atoms with E-state index in [1.807, 2.05) is 170 Å². The van der Waals surface area contributed by atoms with Crippen LogP contribution in [-0.4, -0.2) is 62.0 Å². The number of carboxylic acids is 2. The van der Waals surface area contributed by atoms with Gasteiger partial charge in [-0.1, -0.05) is 194 Å². The quantitative estimate of drug-likeness (QED) is 0.0922. The first-order valence-corrected chi connectivity index (χ1v) is 28.2. The molecule has 6 N–H and O–H groups in total. The fourth-order valence-corrected chi connectivity index (χ4v) is 13.1. The molecule has 0 amide bonds. The molecule has 16 bridgehead atoms. The number of hydrogen-bond acceptors (Lipinski definition) is 6. The van der Waals surface area contributed by atoms with E-state index in [0.29, 0.717) is 33.8 Å². The molecule has 18 rings (SSSR count). The topological polar surface area (TPSA) is 189 Å². The second-order valence-corrected chi connectivity index (χ2v) is 21.8. The first-order chi connectivity index (χ1) is 42.3. The molecule has 0 spiro atoms. The van der Waals surface area contributed by atoms with Gasteiger partial charge in [0, 0.05) is 148 Å². The summed E-state index contributed by atoms with van der Waals surface area (Å²) in [7, 11) is 0. The normalized spacial score (nSPS) is 11.8. The van der Waals surface area contributed by atoms with Gasteiger partial charge in [-0.05, 0) is 36.4 Å². The zero-order valence-corrected chi connectivity index (χ0v) is 50.2. The maximum absolute atomic E-state index is 13.1. The van der Waals surface area contributed by atoms with E-state index in [4.69, 9.17) is 19.9 Å². The Hall–Kier alpha value is -11.1. The molecular formula is C74H44CdN8O4. The number of H-pyrrole nitrogens is 4. The van der Waals surface area contributed by atoms with E-state index in [9.17, 15) is 19.8 Å². The average Bonchev–Trinajstić information content (AvgIpc) is 1.79. The van der Waals surface area contributed by atoms with E-state index in [1.54, 1.807) is 0 Å². The van der Waals surface area contributed by atoms with Crippen molar-refractivity contribution in [2.24, 2.45) is 0 Å². The molecule has 4 aliphatic heterocycles. The predicted molar refractivity (Wildman–Crippen MR) is 344 cm³/mol. The summed E-state index contributed by atoms with van der Waals surface area (Å²) in [5.41, 5.74) is 19.7. The summed E-state index contributed by atoms with van der Waals surface area (Å²) in [5.74, 6) is -2.09. The molecule has 4 aliphatic rings. The van der Waals surface area contributed by atoms with E-state index in [-0.39, 0.29) is 38.4 Å². The molecule has 0 atom stereocenters. The molecule has 0 unspecified atom stereocenters. The third-order valence-corrected chi connectivity index (χ3v) is 17.0. The minimum Gasteiger partial charge on any atom is -0.478 e. The summed E-state index contributed by atoms with van der Waals surface area (Å²) in [6, 6.07) is 76.6. The van der Waals surface area contributed by atoms with Crippen molar-refractivity contribution in [3.05, 3.63) is 242 Å². The Morgan fingerprint density at radius 2 is 0.471 bits per heavy atom. The number of aromatic carboxylic acids is 2. The van der Waals surface area contributed by atoms with Gasteiger partial charge < -0.3 is 30.1 Å². The molecular weight excluding hydrogens is 1180 g/mol.